The average molecular weight is 553 g/mol. The van der Waals surface area contributed by atoms with Crippen LogP contribution in [0.25, 0.3) is 0 Å². The van der Waals surface area contributed by atoms with Crippen LogP contribution in [-0.4, -0.2) is 25.0 Å². The maximum absolute atomic E-state index is 12.5. The van der Waals surface area contributed by atoms with Crippen LogP contribution in [0.5, 0.6) is 11.5 Å². The lowest BCUT2D eigenvalue weighted by Gasteiger charge is -2.13. The van der Waals surface area contributed by atoms with Gasteiger partial charge in [-0.1, -0.05) is 80.1 Å². The van der Waals surface area contributed by atoms with Crippen LogP contribution in [0.15, 0.2) is 48.5 Å². The summed E-state index contributed by atoms with van der Waals surface area (Å²) in [4.78, 5) is 25.0. The zero-order valence-electron chi connectivity index (χ0n) is 25.6. The molecule has 2 aromatic carbocycles. The fourth-order valence-corrected chi connectivity index (χ4v) is 4.46. The number of benzene rings is 2. The van der Waals surface area contributed by atoms with E-state index in [1.807, 2.05) is 0 Å². The van der Waals surface area contributed by atoms with E-state index in [0.29, 0.717) is 36.2 Å². The molecule has 0 saturated carbocycles. The topological polar surface area (TPSA) is 76.7 Å². The Hall–Kier alpha value is -3.02. The van der Waals surface area contributed by atoms with E-state index in [2.05, 4.69) is 52.4 Å². The van der Waals surface area contributed by atoms with Gasteiger partial charge in [0.25, 0.3) is 11.8 Å². The molecule has 0 aliphatic carbocycles. The minimum Gasteiger partial charge on any atom is -0.494 e. The first-order chi connectivity index (χ1) is 19.1. The van der Waals surface area contributed by atoms with Crippen molar-refractivity contribution in [1.82, 2.24) is 10.9 Å². The number of carbonyl (C=O) groups is 2. The van der Waals surface area contributed by atoms with Crippen LogP contribution < -0.4 is 20.3 Å². The molecule has 40 heavy (non-hydrogen) atoms. The van der Waals surface area contributed by atoms with Crippen LogP contribution in [0.3, 0.4) is 0 Å². The second kappa shape index (κ2) is 18.4. The molecule has 0 aliphatic heterocycles. The summed E-state index contributed by atoms with van der Waals surface area (Å²) in [6.07, 6.45) is 9.54. The van der Waals surface area contributed by atoms with Crippen molar-refractivity contribution in [1.29, 1.82) is 0 Å². The second-order valence-corrected chi connectivity index (χ2v) is 12.1. The zero-order chi connectivity index (χ0) is 29.3. The molecule has 0 radical (unpaired) electrons. The van der Waals surface area contributed by atoms with Crippen LogP contribution in [0, 0.1) is 23.7 Å². The first kappa shape index (κ1) is 33.2. The summed E-state index contributed by atoms with van der Waals surface area (Å²) in [7, 11) is 0. The maximum Gasteiger partial charge on any atom is 0.269 e. The van der Waals surface area contributed by atoms with Gasteiger partial charge < -0.3 is 9.47 Å². The Morgan fingerprint density at radius 3 is 1.23 bits per heavy atom. The monoisotopic (exact) mass is 552 g/mol. The molecule has 0 bridgehead atoms. The first-order valence-electron chi connectivity index (χ1n) is 15.2. The smallest absolute Gasteiger partial charge is 0.269 e. The van der Waals surface area contributed by atoms with Crippen molar-refractivity contribution in [2.75, 3.05) is 13.2 Å². The van der Waals surface area contributed by atoms with E-state index in [1.54, 1.807) is 48.5 Å². The van der Waals surface area contributed by atoms with E-state index in [9.17, 15) is 9.59 Å². The Balaban J connectivity index is 1.67. The number of hydrogen-bond donors (Lipinski definition) is 2. The summed E-state index contributed by atoms with van der Waals surface area (Å²) < 4.78 is 11.7. The Morgan fingerprint density at radius 1 is 0.550 bits per heavy atom. The van der Waals surface area contributed by atoms with Gasteiger partial charge in [0.15, 0.2) is 0 Å². The number of rotatable bonds is 18. The predicted octanol–water partition coefficient (Wildman–Crippen LogP) is 8.22. The molecule has 2 unspecified atom stereocenters. The highest BCUT2D eigenvalue weighted by molar-refractivity contribution is 5.99. The van der Waals surface area contributed by atoms with Crippen molar-refractivity contribution in [2.24, 2.45) is 23.7 Å². The van der Waals surface area contributed by atoms with Gasteiger partial charge in [-0.2, -0.15) is 0 Å². The minimum absolute atomic E-state index is 0.388. The van der Waals surface area contributed by atoms with Gasteiger partial charge in [-0.05, 0) is 85.0 Å². The van der Waals surface area contributed by atoms with Gasteiger partial charge >= 0.3 is 0 Å². The number of nitrogens with one attached hydrogen (secondary N) is 2. The van der Waals surface area contributed by atoms with Crippen molar-refractivity contribution in [3.8, 4) is 11.5 Å². The Kier molecular flexibility index (Phi) is 15.2. The summed E-state index contributed by atoms with van der Waals surface area (Å²) in [5.41, 5.74) is 5.84. The fourth-order valence-electron chi connectivity index (χ4n) is 4.46. The molecule has 0 heterocycles. The molecule has 2 atom stereocenters. The SMILES string of the molecule is CC(C)CCCC(C)CCOc1ccc(C(=O)NNC(=O)c2ccc(OCCC(C)CCCC(C)C)cc2)cc1. The summed E-state index contributed by atoms with van der Waals surface area (Å²) in [6, 6.07) is 13.9. The summed E-state index contributed by atoms with van der Waals surface area (Å²) in [5, 5.41) is 0. The summed E-state index contributed by atoms with van der Waals surface area (Å²) in [5.74, 6) is 3.47. The highest BCUT2D eigenvalue weighted by Gasteiger charge is 2.11. The number of ether oxygens (including phenoxy) is 2. The van der Waals surface area contributed by atoms with Gasteiger partial charge in [0.2, 0.25) is 0 Å². The molecular weight excluding hydrogens is 500 g/mol. The lowest BCUT2D eigenvalue weighted by atomic mass is 9.98. The molecule has 0 fully saturated rings. The van der Waals surface area contributed by atoms with E-state index in [1.165, 1.54) is 38.5 Å². The number of hydrazine groups is 1. The average Bonchev–Trinajstić information content (AvgIpc) is 2.92. The lowest BCUT2D eigenvalue weighted by Crippen LogP contribution is -2.41. The Bertz CT molecular complexity index is 905. The normalized spacial score (nSPS) is 12.7. The molecule has 2 N–H and O–H groups in total. The molecule has 0 spiro atoms. The number of hydrogen-bond acceptors (Lipinski definition) is 4. The summed E-state index contributed by atoms with van der Waals surface area (Å²) in [6.45, 7) is 14.9. The fraction of sp³-hybridized carbons (Fsp3) is 0.588. The molecule has 2 aromatic rings. The molecule has 6 nitrogen and oxygen atoms in total. The highest BCUT2D eigenvalue weighted by atomic mass is 16.5. The van der Waals surface area contributed by atoms with Gasteiger partial charge in [0.1, 0.15) is 11.5 Å². The third kappa shape index (κ3) is 13.9. The van der Waals surface area contributed by atoms with Gasteiger partial charge in [-0.3, -0.25) is 20.4 Å². The van der Waals surface area contributed by atoms with E-state index >= 15 is 0 Å². The van der Waals surface area contributed by atoms with E-state index in [0.717, 1.165) is 36.2 Å². The third-order valence-electron chi connectivity index (χ3n) is 7.24. The first-order valence-corrected chi connectivity index (χ1v) is 15.2. The highest BCUT2D eigenvalue weighted by Crippen LogP contribution is 2.19. The van der Waals surface area contributed by atoms with Crippen molar-refractivity contribution >= 4 is 11.8 Å². The van der Waals surface area contributed by atoms with E-state index < -0.39 is 0 Å². The van der Waals surface area contributed by atoms with Crippen molar-refractivity contribution < 1.29 is 19.1 Å². The van der Waals surface area contributed by atoms with Crippen molar-refractivity contribution in [3.05, 3.63) is 59.7 Å². The molecule has 2 amide bonds. The molecule has 0 aliphatic rings. The minimum atomic E-state index is -0.388. The van der Waals surface area contributed by atoms with Crippen LogP contribution in [0.2, 0.25) is 0 Å². The van der Waals surface area contributed by atoms with Gasteiger partial charge in [-0.15, -0.1) is 0 Å². The number of carbonyl (C=O) groups excluding carboxylic acids is 2. The molecule has 222 valence electrons. The quantitative estimate of drug-likeness (QED) is 0.183. The molecule has 0 saturated heterocycles. The standard InChI is InChI=1S/C34H52N2O4/c1-25(2)9-7-11-27(5)21-23-39-31-17-13-29(14-18-31)33(37)35-36-34(38)30-15-19-32(20-16-30)40-24-22-28(6)12-8-10-26(3)4/h13-20,25-28H,7-12,21-24H2,1-6H3,(H,35,37)(H,36,38). The second-order valence-electron chi connectivity index (χ2n) is 12.1. The molecule has 2 rings (SSSR count). The van der Waals surface area contributed by atoms with Gasteiger partial charge in [0, 0.05) is 11.1 Å². The number of amides is 2. The van der Waals surface area contributed by atoms with Crippen LogP contribution in [0.4, 0.5) is 0 Å². The Labute approximate surface area is 242 Å². The molecule has 0 aromatic heterocycles. The lowest BCUT2D eigenvalue weighted by molar-refractivity contribution is 0.0846. The third-order valence-corrected chi connectivity index (χ3v) is 7.24. The maximum atomic E-state index is 12.5. The summed E-state index contributed by atoms with van der Waals surface area (Å²) >= 11 is 0. The van der Waals surface area contributed by atoms with E-state index in [-0.39, 0.29) is 11.8 Å². The molecular formula is C34H52N2O4. The zero-order valence-corrected chi connectivity index (χ0v) is 25.6. The van der Waals surface area contributed by atoms with Crippen LogP contribution in [-0.2, 0) is 0 Å². The van der Waals surface area contributed by atoms with Crippen molar-refractivity contribution in [3.63, 3.8) is 0 Å². The Morgan fingerprint density at radius 2 is 0.900 bits per heavy atom. The van der Waals surface area contributed by atoms with Crippen molar-refractivity contribution in [2.45, 2.75) is 92.9 Å². The van der Waals surface area contributed by atoms with Gasteiger partial charge in [0.05, 0.1) is 13.2 Å². The van der Waals surface area contributed by atoms with Gasteiger partial charge in [-0.25, -0.2) is 0 Å². The predicted molar refractivity (Wildman–Crippen MR) is 164 cm³/mol. The van der Waals surface area contributed by atoms with Crippen LogP contribution >= 0.6 is 0 Å². The van der Waals surface area contributed by atoms with Crippen LogP contribution in [0.1, 0.15) is 114 Å². The molecule has 6 heteroatoms. The largest absolute Gasteiger partial charge is 0.494 e. The van der Waals surface area contributed by atoms with E-state index in [4.69, 9.17) is 9.47 Å².